The largest absolute Gasteiger partial charge is 0.456 e. The zero-order valence-electron chi connectivity index (χ0n) is 23.4. The number of ether oxygens (including phenoxy) is 3. The molecule has 1 saturated heterocycles. The van der Waals surface area contributed by atoms with Crippen LogP contribution < -0.4 is 22.3 Å². The van der Waals surface area contributed by atoms with Crippen molar-refractivity contribution in [2.75, 3.05) is 11.9 Å². The van der Waals surface area contributed by atoms with Crippen molar-refractivity contribution in [3.63, 3.8) is 0 Å². The molecule has 15 nitrogen and oxygen atoms in total. The number of H-pyrrole nitrogens is 1. The number of primary amides is 1. The molecule has 0 unspecified atom stereocenters. The number of amides is 2. The van der Waals surface area contributed by atoms with Gasteiger partial charge in [0.2, 0.25) is 12.2 Å². The molecule has 8 atom stereocenters. The zero-order valence-corrected chi connectivity index (χ0v) is 23.4. The molecular formula is C28H36N4O11. The Kier molecular flexibility index (Phi) is 10.5. The Balaban J connectivity index is 1.48. The monoisotopic (exact) mass is 604 g/mol. The summed E-state index contributed by atoms with van der Waals surface area (Å²) in [6.07, 6.45) is -5.34. The van der Waals surface area contributed by atoms with Gasteiger partial charge in [0.25, 0.3) is 11.5 Å². The van der Waals surface area contributed by atoms with E-state index < -0.39 is 84.4 Å². The molecule has 2 aliphatic heterocycles. The van der Waals surface area contributed by atoms with Gasteiger partial charge in [-0.05, 0) is 36.6 Å². The van der Waals surface area contributed by atoms with Crippen molar-refractivity contribution < 1.29 is 44.2 Å². The number of carbonyl (C=O) groups is 2. The number of nitrogens with zero attached hydrogens (tertiary/aromatic N) is 1. The third-order valence-corrected chi connectivity index (χ3v) is 7.34. The predicted molar refractivity (Wildman–Crippen MR) is 149 cm³/mol. The standard InChI is InChI=1S/C28H36N4O11/c1-2-3-4-5-14-6-8-15(9-7-14)30-25(39)18-12-17(34)21(37)27(41-18)43-23(24(29)38)22-16(13-33)20(36)26(42-22)32-11-10-19(35)31-28(32)40/h6-12,16-17,20-23,26-27,33-34,36-37H,2-5,13H2,1H3,(H2,29,38)(H,30,39)(H,31,35,40)/t16-,17-,20+,21-,22-,23+,26+,27+/m0/s1. The number of carbonyl (C=O) groups excluding carboxylic acids is 2. The number of nitrogens with two attached hydrogens (primary N) is 1. The van der Waals surface area contributed by atoms with Crippen molar-refractivity contribution in [2.45, 2.75) is 75.6 Å². The summed E-state index contributed by atoms with van der Waals surface area (Å²) in [6, 6.07) is 8.20. The summed E-state index contributed by atoms with van der Waals surface area (Å²) in [4.78, 5) is 51.2. The second-order valence-electron chi connectivity index (χ2n) is 10.4. The number of benzene rings is 1. The van der Waals surface area contributed by atoms with E-state index >= 15 is 0 Å². The maximum absolute atomic E-state index is 12.9. The molecule has 2 aromatic rings. The minimum atomic E-state index is -1.81. The summed E-state index contributed by atoms with van der Waals surface area (Å²) >= 11 is 0. The van der Waals surface area contributed by atoms with Crippen LogP contribution in [0.2, 0.25) is 0 Å². The van der Waals surface area contributed by atoms with Crippen molar-refractivity contribution in [3.05, 3.63) is 74.8 Å². The van der Waals surface area contributed by atoms with Gasteiger partial charge in [-0.25, -0.2) is 4.79 Å². The highest BCUT2D eigenvalue weighted by Crippen LogP contribution is 2.36. The van der Waals surface area contributed by atoms with E-state index in [0.717, 1.165) is 54.2 Å². The number of aromatic nitrogens is 2. The lowest BCUT2D eigenvalue weighted by molar-refractivity contribution is -0.239. The lowest BCUT2D eigenvalue weighted by Gasteiger charge is -2.35. The number of aromatic amines is 1. The molecule has 15 heteroatoms. The SMILES string of the molecule is CCCCCc1ccc(NC(=O)C2=C[C@H](O)[C@H](O)[C@@H](O[C@@H](C(N)=O)[C@H]3O[C@@H](n4ccc(=O)[nH]c4=O)[C@H](O)[C@@H]3CO)O2)cc1. The van der Waals surface area contributed by atoms with Gasteiger partial charge in [0.05, 0.1) is 6.61 Å². The fraction of sp³-hybridized carbons (Fsp3) is 0.500. The first-order valence-electron chi connectivity index (χ1n) is 13.9. The molecule has 2 aliphatic rings. The van der Waals surface area contributed by atoms with Crippen molar-refractivity contribution >= 4 is 17.5 Å². The van der Waals surface area contributed by atoms with Gasteiger partial charge in [-0.3, -0.25) is 23.9 Å². The molecular weight excluding hydrogens is 568 g/mol. The minimum Gasteiger partial charge on any atom is -0.456 e. The second-order valence-corrected chi connectivity index (χ2v) is 10.4. The molecule has 4 rings (SSSR count). The van der Waals surface area contributed by atoms with E-state index in [0.29, 0.717) is 5.69 Å². The zero-order chi connectivity index (χ0) is 31.3. The molecule has 43 heavy (non-hydrogen) atoms. The van der Waals surface area contributed by atoms with Crippen LogP contribution in [0.3, 0.4) is 0 Å². The number of aliphatic hydroxyl groups is 4. The van der Waals surface area contributed by atoms with Crippen LogP contribution >= 0.6 is 0 Å². The summed E-state index contributed by atoms with van der Waals surface area (Å²) in [5.74, 6) is -3.57. The number of aliphatic hydroxyl groups excluding tert-OH is 4. The highest BCUT2D eigenvalue weighted by molar-refractivity contribution is 6.02. The fourth-order valence-corrected chi connectivity index (χ4v) is 4.98. The number of hydrogen-bond acceptors (Lipinski definition) is 11. The average Bonchev–Trinajstić information content (AvgIpc) is 3.29. The van der Waals surface area contributed by atoms with Crippen LogP contribution in [0, 0.1) is 5.92 Å². The van der Waals surface area contributed by atoms with Crippen molar-refractivity contribution in [3.8, 4) is 0 Å². The number of aryl methyl sites for hydroxylation is 1. The Morgan fingerprint density at radius 1 is 1.12 bits per heavy atom. The van der Waals surface area contributed by atoms with Gasteiger partial charge < -0.3 is 45.7 Å². The van der Waals surface area contributed by atoms with E-state index in [1.807, 2.05) is 17.1 Å². The van der Waals surface area contributed by atoms with Gasteiger partial charge in [0, 0.05) is 23.9 Å². The third-order valence-electron chi connectivity index (χ3n) is 7.34. The Morgan fingerprint density at radius 3 is 2.47 bits per heavy atom. The van der Waals surface area contributed by atoms with E-state index in [2.05, 4.69) is 12.2 Å². The van der Waals surface area contributed by atoms with Gasteiger partial charge in [0.15, 0.2) is 18.1 Å². The normalized spacial score (nSPS) is 27.7. The molecule has 1 fully saturated rings. The van der Waals surface area contributed by atoms with E-state index in [1.54, 1.807) is 12.1 Å². The van der Waals surface area contributed by atoms with Crippen LogP contribution in [0.1, 0.15) is 38.0 Å². The highest BCUT2D eigenvalue weighted by Gasteiger charge is 2.51. The number of unbranched alkanes of at least 4 members (excludes halogenated alkanes) is 2. The maximum Gasteiger partial charge on any atom is 0.330 e. The molecule has 0 aliphatic carbocycles. The fourth-order valence-electron chi connectivity index (χ4n) is 4.98. The van der Waals surface area contributed by atoms with Crippen LogP contribution in [0.5, 0.6) is 0 Å². The lowest BCUT2D eigenvalue weighted by Crippen LogP contribution is -2.52. The molecule has 0 bridgehead atoms. The van der Waals surface area contributed by atoms with Crippen molar-refractivity contribution in [2.24, 2.45) is 11.7 Å². The Morgan fingerprint density at radius 2 is 1.84 bits per heavy atom. The van der Waals surface area contributed by atoms with E-state index in [4.69, 9.17) is 19.9 Å². The van der Waals surface area contributed by atoms with Crippen molar-refractivity contribution in [1.82, 2.24) is 9.55 Å². The summed E-state index contributed by atoms with van der Waals surface area (Å²) in [6.45, 7) is 1.38. The molecule has 1 aromatic carbocycles. The topological polar surface area (TPSA) is 236 Å². The summed E-state index contributed by atoms with van der Waals surface area (Å²) < 4.78 is 17.7. The molecule has 2 amide bonds. The molecule has 0 saturated carbocycles. The van der Waals surface area contributed by atoms with Gasteiger partial charge in [0.1, 0.15) is 24.4 Å². The van der Waals surface area contributed by atoms with Crippen LogP contribution in [0.15, 0.2) is 58.0 Å². The molecule has 0 radical (unpaired) electrons. The molecule has 1 aromatic heterocycles. The van der Waals surface area contributed by atoms with Crippen LogP contribution in [-0.4, -0.2) is 85.2 Å². The predicted octanol–water partition coefficient (Wildman–Crippen LogP) is -1.39. The number of hydrogen-bond donors (Lipinski definition) is 7. The molecule has 234 valence electrons. The van der Waals surface area contributed by atoms with E-state index in [1.165, 1.54) is 0 Å². The Labute approximate surface area is 245 Å². The molecule has 0 spiro atoms. The van der Waals surface area contributed by atoms with E-state index in [9.17, 15) is 39.6 Å². The maximum atomic E-state index is 12.9. The Bertz CT molecular complexity index is 1420. The first kappa shape index (κ1) is 32.1. The van der Waals surface area contributed by atoms with Gasteiger partial charge in [-0.2, -0.15) is 0 Å². The summed E-state index contributed by atoms with van der Waals surface area (Å²) in [5, 5.41) is 44.3. The van der Waals surface area contributed by atoms with Gasteiger partial charge in [-0.15, -0.1) is 0 Å². The quantitative estimate of drug-likeness (QED) is 0.139. The van der Waals surface area contributed by atoms with Crippen LogP contribution in [0.4, 0.5) is 5.69 Å². The summed E-state index contributed by atoms with van der Waals surface area (Å²) in [5.41, 5.74) is 5.48. The molecule has 3 heterocycles. The minimum absolute atomic E-state index is 0.415. The summed E-state index contributed by atoms with van der Waals surface area (Å²) in [7, 11) is 0. The number of rotatable bonds is 12. The average molecular weight is 605 g/mol. The molecule has 8 N–H and O–H groups in total. The third kappa shape index (κ3) is 7.38. The first-order valence-corrected chi connectivity index (χ1v) is 13.9. The van der Waals surface area contributed by atoms with E-state index in [-0.39, 0.29) is 0 Å². The van der Waals surface area contributed by atoms with Crippen molar-refractivity contribution in [1.29, 1.82) is 0 Å². The number of anilines is 1. The lowest BCUT2D eigenvalue weighted by atomic mass is 9.94. The highest BCUT2D eigenvalue weighted by atomic mass is 16.7. The second kappa shape index (κ2) is 14.1. The van der Waals surface area contributed by atoms with Gasteiger partial charge >= 0.3 is 5.69 Å². The van der Waals surface area contributed by atoms with Crippen LogP contribution in [-0.2, 0) is 30.2 Å². The Hall–Kier alpha value is -3.86. The first-order chi connectivity index (χ1) is 20.5. The smallest absolute Gasteiger partial charge is 0.330 e. The van der Waals surface area contributed by atoms with Gasteiger partial charge in [-0.1, -0.05) is 31.9 Å². The number of nitrogens with one attached hydrogen (secondary N) is 2. The van der Waals surface area contributed by atoms with Crippen LogP contribution in [0.25, 0.3) is 0 Å².